The van der Waals surface area contributed by atoms with Gasteiger partial charge in [0.05, 0.1) is 0 Å². The summed E-state index contributed by atoms with van der Waals surface area (Å²) in [5.74, 6) is 0.337. The summed E-state index contributed by atoms with van der Waals surface area (Å²) >= 11 is 0. The standard InChI is InChI=1S/C12H17NO/c1-3-6-11(13)10-8-5-7-9(4-2)12(10)14/h3,5,7-8,11,14H,1,4,6,13H2,2H3/t11-/m1/s1. The highest BCUT2D eigenvalue weighted by atomic mass is 16.3. The second kappa shape index (κ2) is 4.82. The molecule has 1 aromatic rings. The topological polar surface area (TPSA) is 46.2 Å². The normalized spacial score (nSPS) is 12.4. The van der Waals surface area contributed by atoms with Crippen LogP contribution in [-0.4, -0.2) is 5.11 Å². The third-order valence-corrected chi connectivity index (χ3v) is 2.35. The number of hydrogen-bond acceptors (Lipinski definition) is 2. The molecule has 1 rings (SSSR count). The van der Waals surface area contributed by atoms with Crippen LogP contribution in [0.15, 0.2) is 30.9 Å². The quantitative estimate of drug-likeness (QED) is 0.718. The zero-order valence-electron chi connectivity index (χ0n) is 8.53. The summed E-state index contributed by atoms with van der Waals surface area (Å²) in [5.41, 5.74) is 7.65. The van der Waals surface area contributed by atoms with Gasteiger partial charge in [-0.15, -0.1) is 6.58 Å². The fourth-order valence-corrected chi connectivity index (χ4v) is 1.50. The molecule has 0 unspecified atom stereocenters. The first-order chi connectivity index (χ1) is 6.70. The number of benzene rings is 1. The summed E-state index contributed by atoms with van der Waals surface area (Å²) < 4.78 is 0. The molecule has 0 amide bonds. The van der Waals surface area contributed by atoms with Gasteiger partial charge in [-0.05, 0) is 18.4 Å². The van der Waals surface area contributed by atoms with Crippen molar-refractivity contribution in [3.63, 3.8) is 0 Å². The SMILES string of the molecule is C=CC[C@@H](N)c1cccc(CC)c1O. The maximum atomic E-state index is 9.87. The van der Waals surface area contributed by atoms with Gasteiger partial charge < -0.3 is 10.8 Å². The molecule has 0 saturated heterocycles. The number of aromatic hydroxyl groups is 1. The van der Waals surface area contributed by atoms with E-state index in [1.165, 1.54) is 0 Å². The molecule has 0 aliphatic carbocycles. The number of rotatable bonds is 4. The molecule has 0 aromatic heterocycles. The lowest BCUT2D eigenvalue weighted by Gasteiger charge is -2.13. The highest BCUT2D eigenvalue weighted by molar-refractivity contribution is 5.42. The van der Waals surface area contributed by atoms with Crippen LogP contribution in [0.1, 0.15) is 30.5 Å². The molecule has 0 heterocycles. The Balaban J connectivity index is 3.02. The first kappa shape index (κ1) is 10.8. The smallest absolute Gasteiger partial charge is 0.123 e. The van der Waals surface area contributed by atoms with Crippen LogP contribution in [0.4, 0.5) is 0 Å². The average molecular weight is 191 g/mol. The Hall–Kier alpha value is -1.28. The Morgan fingerprint density at radius 1 is 1.57 bits per heavy atom. The van der Waals surface area contributed by atoms with E-state index in [2.05, 4.69) is 6.58 Å². The molecule has 1 aromatic carbocycles. The first-order valence-electron chi connectivity index (χ1n) is 4.88. The molecule has 0 fully saturated rings. The molecule has 1 atom stereocenters. The number of phenolic OH excluding ortho intramolecular Hbond substituents is 1. The summed E-state index contributed by atoms with van der Waals surface area (Å²) in [7, 11) is 0. The van der Waals surface area contributed by atoms with Crippen molar-refractivity contribution in [2.24, 2.45) is 5.73 Å². The molecule has 2 heteroatoms. The van der Waals surface area contributed by atoms with Crippen molar-refractivity contribution in [3.05, 3.63) is 42.0 Å². The van der Waals surface area contributed by atoms with Crippen molar-refractivity contribution in [2.45, 2.75) is 25.8 Å². The van der Waals surface area contributed by atoms with Crippen molar-refractivity contribution < 1.29 is 5.11 Å². The van der Waals surface area contributed by atoms with Crippen molar-refractivity contribution in [3.8, 4) is 5.75 Å². The van der Waals surface area contributed by atoms with Gasteiger partial charge in [-0.25, -0.2) is 0 Å². The Morgan fingerprint density at radius 2 is 2.29 bits per heavy atom. The lowest BCUT2D eigenvalue weighted by Crippen LogP contribution is -2.09. The minimum Gasteiger partial charge on any atom is -0.507 e. The van der Waals surface area contributed by atoms with Crippen LogP contribution in [0, 0.1) is 0 Å². The van der Waals surface area contributed by atoms with Gasteiger partial charge in [0.1, 0.15) is 5.75 Å². The van der Waals surface area contributed by atoms with Crippen molar-refractivity contribution in [1.82, 2.24) is 0 Å². The van der Waals surface area contributed by atoms with Crippen LogP contribution in [0.25, 0.3) is 0 Å². The third-order valence-electron chi connectivity index (χ3n) is 2.35. The maximum absolute atomic E-state index is 9.87. The maximum Gasteiger partial charge on any atom is 0.123 e. The monoisotopic (exact) mass is 191 g/mol. The third kappa shape index (κ3) is 2.15. The summed E-state index contributed by atoms with van der Waals surface area (Å²) in [6.07, 6.45) is 3.27. The zero-order chi connectivity index (χ0) is 10.6. The van der Waals surface area contributed by atoms with Gasteiger partial charge in [0.2, 0.25) is 0 Å². The molecule has 0 bridgehead atoms. The van der Waals surface area contributed by atoms with Crippen LogP contribution < -0.4 is 5.73 Å². The van der Waals surface area contributed by atoms with E-state index in [0.717, 1.165) is 17.5 Å². The van der Waals surface area contributed by atoms with Crippen molar-refractivity contribution in [1.29, 1.82) is 0 Å². The van der Waals surface area contributed by atoms with E-state index < -0.39 is 0 Å². The van der Waals surface area contributed by atoms with E-state index in [-0.39, 0.29) is 6.04 Å². The molecule has 76 valence electrons. The molecule has 0 spiro atoms. The molecule has 0 radical (unpaired) electrons. The Bertz CT molecular complexity index is 320. The molecular formula is C12H17NO. The van der Waals surface area contributed by atoms with Gasteiger partial charge in [-0.1, -0.05) is 31.2 Å². The number of phenols is 1. The second-order valence-electron chi connectivity index (χ2n) is 3.34. The first-order valence-corrected chi connectivity index (χ1v) is 4.88. The number of nitrogens with two attached hydrogens (primary N) is 1. The highest BCUT2D eigenvalue weighted by Crippen LogP contribution is 2.28. The van der Waals surface area contributed by atoms with Gasteiger partial charge in [0.15, 0.2) is 0 Å². The summed E-state index contributed by atoms with van der Waals surface area (Å²) in [6.45, 7) is 5.65. The number of para-hydroxylation sites is 1. The van der Waals surface area contributed by atoms with Crippen molar-refractivity contribution >= 4 is 0 Å². The van der Waals surface area contributed by atoms with Crippen LogP contribution in [0.3, 0.4) is 0 Å². The highest BCUT2D eigenvalue weighted by Gasteiger charge is 2.11. The largest absolute Gasteiger partial charge is 0.507 e. The molecule has 0 aliphatic heterocycles. The Morgan fingerprint density at radius 3 is 2.86 bits per heavy atom. The van der Waals surface area contributed by atoms with E-state index in [4.69, 9.17) is 5.73 Å². The van der Waals surface area contributed by atoms with E-state index in [9.17, 15) is 5.11 Å². The van der Waals surface area contributed by atoms with Crippen LogP contribution >= 0.6 is 0 Å². The van der Waals surface area contributed by atoms with Gasteiger partial charge in [-0.3, -0.25) is 0 Å². The van der Waals surface area contributed by atoms with Gasteiger partial charge in [-0.2, -0.15) is 0 Å². The summed E-state index contributed by atoms with van der Waals surface area (Å²) in [4.78, 5) is 0. The molecular weight excluding hydrogens is 174 g/mol. The predicted octanol–water partition coefficient (Wildman–Crippen LogP) is 2.53. The number of hydrogen-bond donors (Lipinski definition) is 2. The second-order valence-corrected chi connectivity index (χ2v) is 3.34. The van der Waals surface area contributed by atoms with Crippen LogP contribution in [0.2, 0.25) is 0 Å². The average Bonchev–Trinajstić information content (AvgIpc) is 2.18. The lowest BCUT2D eigenvalue weighted by molar-refractivity contribution is 0.455. The van der Waals surface area contributed by atoms with E-state index >= 15 is 0 Å². The zero-order valence-corrected chi connectivity index (χ0v) is 8.53. The van der Waals surface area contributed by atoms with E-state index in [1.54, 1.807) is 6.08 Å². The van der Waals surface area contributed by atoms with Crippen LogP contribution in [-0.2, 0) is 6.42 Å². The van der Waals surface area contributed by atoms with E-state index in [1.807, 2.05) is 25.1 Å². The molecule has 0 aliphatic rings. The summed E-state index contributed by atoms with van der Waals surface area (Å²) in [6, 6.07) is 5.55. The lowest BCUT2D eigenvalue weighted by atomic mass is 9.99. The van der Waals surface area contributed by atoms with Gasteiger partial charge in [0, 0.05) is 11.6 Å². The fraction of sp³-hybridized carbons (Fsp3) is 0.333. The van der Waals surface area contributed by atoms with Crippen molar-refractivity contribution in [2.75, 3.05) is 0 Å². The minimum absolute atomic E-state index is 0.154. The molecule has 2 nitrogen and oxygen atoms in total. The Kier molecular flexibility index (Phi) is 3.72. The fourth-order valence-electron chi connectivity index (χ4n) is 1.50. The van der Waals surface area contributed by atoms with E-state index in [0.29, 0.717) is 12.2 Å². The Labute approximate surface area is 85.1 Å². The molecule has 14 heavy (non-hydrogen) atoms. The van der Waals surface area contributed by atoms with Gasteiger partial charge in [0.25, 0.3) is 0 Å². The van der Waals surface area contributed by atoms with Crippen LogP contribution in [0.5, 0.6) is 5.75 Å². The minimum atomic E-state index is -0.154. The number of aryl methyl sites for hydroxylation is 1. The molecule has 0 saturated carbocycles. The van der Waals surface area contributed by atoms with Gasteiger partial charge >= 0.3 is 0 Å². The summed E-state index contributed by atoms with van der Waals surface area (Å²) in [5, 5.41) is 9.87. The predicted molar refractivity (Wildman–Crippen MR) is 59.2 cm³/mol. The molecule has 3 N–H and O–H groups in total.